The van der Waals surface area contributed by atoms with Gasteiger partial charge in [0.25, 0.3) is 0 Å². The summed E-state index contributed by atoms with van der Waals surface area (Å²) in [6, 6.07) is -0.172. The summed E-state index contributed by atoms with van der Waals surface area (Å²) in [6.45, 7) is 3.48. The van der Waals surface area contributed by atoms with Crippen LogP contribution in [0.3, 0.4) is 0 Å². The number of amides is 2. The van der Waals surface area contributed by atoms with Gasteiger partial charge < -0.3 is 16.0 Å². The number of carbonyl (C=O) groups excluding carboxylic acids is 2. The van der Waals surface area contributed by atoms with Crippen LogP contribution in [0.1, 0.15) is 32.6 Å². The molecule has 3 N–H and O–H groups in total. The summed E-state index contributed by atoms with van der Waals surface area (Å²) in [7, 11) is 0. The van der Waals surface area contributed by atoms with Crippen LogP contribution in [0.25, 0.3) is 0 Å². The van der Waals surface area contributed by atoms with E-state index in [0.29, 0.717) is 25.3 Å². The fraction of sp³-hybridized carbons (Fsp3) is 0.833. The number of rotatable bonds is 2. The highest BCUT2D eigenvalue weighted by molar-refractivity contribution is 5.91. The predicted octanol–water partition coefficient (Wildman–Crippen LogP) is 0.273. The van der Waals surface area contributed by atoms with Crippen LogP contribution in [0.2, 0.25) is 0 Å². The maximum Gasteiger partial charge on any atom is 0.245 e. The fourth-order valence-corrected chi connectivity index (χ4v) is 2.76. The number of likely N-dealkylation sites (tertiary alicyclic amines) is 1. The maximum absolute atomic E-state index is 12.3. The maximum atomic E-state index is 12.3. The standard InChI is InChI=1S/C12H21N3O2.ClH/c1-8-4-5-15(9(6-8)7-13)12(17)10-2-3-11(16)14-10;/h8-10H,2-7,13H2,1H3,(H,14,16);1H/t8?,9?,10-;/m1./s1. The third kappa shape index (κ3) is 3.14. The van der Waals surface area contributed by atoms with Crippen molar-refractivity contribution in [3.63, 3.8) is 0 Å². The van der Waals surface area contributed by atoms with Crippen LogP contribution < -0.4 is 11.1 Å². The molecule has 104 valence electrons. The van der Waals surface area contributed by atoms with E-state index in [9.17, 15) is 9.59 Å². The molecule has 2 heterocycles. The highest BCUT2D eigenvalue weighted by atomic mass is 35.5. The molecule has 0 aromatic rings. The summed E-state index contributed by atoms with van der Waals surface area (Å²) in [4.78, 5) is 25.3. The molecule has 6 heteroatoms. The highest BCUT2D eigenvalue weighted by Crippen LogP contribution is 2.23. The lowest BCUT2D eigenvalue weighted by atomic mass is 9.92. The molecule has 0 aromatic carbocycles. The summed E-state index contributed by atoms with van der Waals surface area (Å²) in [6.07, 6.45) is 3.10. The van der Waals surface area contributed by atoms with Crippen LogP contribution in [0, 0.1) is 5.92 Å². The molecular weight excluding hydrogens is 254 g/mol. The van der Waals surface area contributed by atoms with Crippen molar-refractivity contribution in [1.29, 1.82) is 0 Å². The van der Waals surface area contributed by atoms with Gasteiger partial charge in [0.05, 0.1) is 0 Å². The van der Waals surface area contributed by atoms with E-state index in [1.54, 1.807) is 0 Å². The SMILES string of the molecule is CC1CCN(C(=O)[C@H]2CCC(=O)N2)C(CN)C1.Cl. The van der Waals surface area contributed by atoms with Crippen molar-refractivity contribution in [3.05, 3.63) is 0 Å². The van der Waals surface area contributed by atoms with Gasteiger partial charge >= 0.3 is 0 Å². The largest absolute Gasteiger partial charge is 0.344 e. The van der Waals surface area contributed by atoms with Gasteiger partial charge in [0, 0.05) is 25.6 Å². The molecule has 2 unspecified atom stereocenters. The van der Waals surface area contributed by atoms with Gasteiger partial charge in [-0.15, -0.1) is 12.4 Å². The van der Waals surface area contributed by atoms with Crippen LogP contribution in [-0.2, 0) is 9.59 Å². The van der Waals surface area contributed by atoms with E-state index in [1.807, 2.05) is 4.90 Å². The Kier molecular flexibility index (Phi) is 5.41. The van der Waals surface area contributed by atoms with Gasteiger partial charge in [0.1, 0.15) is 6.04 Å². The summed E-state index contributed by atoms with van der Waals surface area (Å²) in [5.41, 5.74) is 5.74. The first-order valence-electron chi connectivity index (χ1n) is 6.41. The zero-order chi connectivity index (χ0) is 12.4. The molecule has 2 fully saturated rings. The number of nitrogens with zero attached hydrogens (tertiary/aromatic N) is 1. The molecule has 0 aromatic heterocycles. The molecule has 0 bridgehead atoms. The van der Waals surface area contributed by atoms with E-state index < -0.39 is 0 Å². The average Bonchev–Trinajstić information content (AvgIpc) is 2.75. The number of piperidine rings is 1. The van der Waals surface area contributed by atoms with Crippen molar-refractivity contribution in [2.24, 2.45) is 11.7 Å². The van der Waals surface area contributed by atoms with Crippen LogP contribution in [-0.4, -0.2) is 41.9 Å². The second kappa shape index (κ2) is 6.38. The Morgan fingerprint density at radius 1 is 1.50 bits per heavy atom. The minimum atomic E-state index is -0.315. The number of hydrogen-bond donors (Lipinski definition) is 2. The van der Waals surface area contributed by atoms with E-state index >= 15 is 0 Å². The minimum Gasteiger partial charge on any atom is -0.344 e. The van der Waals surface area contributed by atoms with Gasteiger partial charge in [-0.25, -0.2) is 0 Å². The van der Waals surface area contributed by atoms with Gasteiger partial charge in [-0.2, -0.15) is 0 Å². The van der Waals surface area contributed by atoms with E-state index in [1.165, 1.54) is 0 Å². The fourth-order valence-electron chi connectivity index (χ4n) is 2.76. The normalized spacial score (nSPS) is 31.8. The number of nitrogens with one attached hydrogen (secondary N) is 1. The molecule has 5 nitrogen and oxygen atoms in total. The quantitative estimate of drug-likeness (QED) is 0.760. The summed E-state index contributed by atoms with van der Waals surface area (Å²) in [5, 5.41) is 2.74. The zero-order valence-corrected chi connectivity index (χ0v) is 11.5. The Labute approximate surface area is 114 Å². The van der Waals surface area contributed by atoms with Gasteiger partial charge in [0.15, 0.2) is 0 Å². The highest BCUT2D eigenvalue weighted by Gasteiger charge is 2.35. The third-order valence-corrected chi connectivity index (χ3v) is 3.83. The van der Waals surface area contributed by atoms with Gasteiger partial charge in [-0.05, 0) is 25.2 Å². The molecule has 0 spiro atoms. The lowest BCUT2D eigenvalue weighted by molar-refractivity contribution is -0.138. The van der Waals surface area contributed by atoms with Crippen molar-refractivity contribution in [2.45, 2.75) is 44.7 Å². The monoisotopic (exact) mass is 275 g/mol. The second-order valence-electron chi connectivity index (χ2n) is 5.21. The molecule has 0 saturated carbocycles. The van der Waals surface area contributed by atoms with E-state index in [2.05, 4.69) is 12.2 Å². The van der Waals surface area contributed by atoms with Crippen molar-refractivity contribution in [2.75, 3.05) is 13.1 Å². The van der Waals surface area contributed by atoms with Crippen LogP contribution in [0.15, 0.2) is 0 Å². The molecule has 2 amide bonds. The smallest absolute Gasteiger partial charge is 0.245 e. The summed E-state index contributed by atoms with van der Waals surface area (Å²) in [5.74, 6) is 0.669. The molecule has 2 rings (SSSR count). The van der Waals surface area contributed by atoms with E-state index in [-0.39, 0.29) is 36.3 Å². The van der Waals surface area contributed by atoms with E-state index in [0.717, 1.165) is 19.4 Å². The van der Waals surface area contributed by atoms with Crippen LogP contribution in [0.5, 0.6) is 0 Å². The number of hydrogen-bond acceptors (Lipinski definition) is 3. The molecule has 18 heavy (non-hydrogen) atoms. The van der Waals surface area contributed by atoms with Crippen LogP contribution in [0.4, 0.5) is 0 Å². The number of halogens is 1. The number of carbonyl (C=O) groups is 2. The zero-order valence-electron chi connectivity index (χ0n) is 10.7. The second-order valence-corrected chi connectivity index (χ2v) is 5.21. The van der Waals surface area contributed by atoms with Gasteiger partial charge in [0.2, 0.25) is 11.8 Å². The lowest BCUT2D eigenvalue weighted by Crippen LogP contribution is -2.54. The third-order valence-electron chi connectivity index (χ3n) is 3.83. The molecule has 0 aliphatic carbocycles. The van der Waals surface area contributed by atoms with Gasteiger partial charge in [-0.3, -0.25) is 9.59 Å². The van der Waals surface area contributed by atoms with Crippen molar-refractivity contribution < 1.29 is 9.59 Å². The first-order valence-corrected chi connectivity index (χ1v) is 6.41. The molecular formula is C12H22ClN3O2. The van der Waals surface area contributed by atoms with Crippen molar-refractivity contribution >= 4 is 24.2 Å². The lowest BCUT2D eigenvalue weighted by Gasteiger charge is -2.39. The van der Waals surface area contributed by atoms with Crippen LogP contribution >= 0.6 is 12.4 Å². The molecule has 0 radical (unpaired) electrons. The summed E-state index contributed by atoms with van der Waals surface area (Å²) < 4.78 is 0. The minimum absolute atomic E-state index is 0. The molecule has 2 aliphatic heterocycles. The average molecular weight is 276 g/mol. The Hall–Kier alpha value is -0.810. The van der Waals surface area contributed by atoms with E-state index in [4.69, 9.17) is 5.73 Å². The molecule has 2 aliphatic rings. The number of nitrogens with two attached hydrogens (primary N) is 1. The first-order chi connectivity index (χ1) is 8.11. The predicted molar refractivity (Wildman–Crippen MR) is 71.4 cm³/mol. The van der Waals surface area contributed by atoms with Crippen molar-refractivity contribution in [1.82, 2.24) is 10.2 Å². The molecule has 2 saturated heterocycles. The van der Waals surface area contributed by atoms with Gasteiger partial charge in [-0.1, -0.05) is 6.92 Å². The van der Waals surface area contributed by atoms with Crippen molar-refractivity contribution in [3.8, 4) is 0 Å². The topological polar surface area (TPSA) is 75.4 Å². The Bertz CT molecular complexity index is 324. The Morgan fingerprint density at radius 2 is 2.22 bits per heavy atom. The first kappa shape index (κ1) is 15.2. The Morgan fingerprint density at radius 3 is 2.78 bits per heavy atom. The summed E-state index contributed by atoms with van der Waals surface area (Å²) >= 11 is 0. The molecule has 3 atom stereocenters. The Balaban J connectivity index is 0.00000162.